The average molecular weight is 649 g/mol. The lowest BCUT2D eigenvalue weighted by Crippen LogP contribution is -2.18. The lowest BCUT2D eigenvalue weighted by atomic mass is 10.2. The van der Waals surface area contributed by atoms with Crippen LogP contribution in [0.3, 0.4) is 0 Å². The highest BCUT2D eigenvalue weighted by Gasteiger charge is 2.32. The van der Waals surface area contributed by atoms with Crippen LogP contribution < -0.4 is 0 Å². The number of hydrogen-bond donors (Lipinski definition) is 0. The van der Waals surface area contributed by atoms with Crippen molar-refractivity contribution in [1.82, 2.24) is 0 Å². The third-order valence-corrected chi connectivity index (χ3v) is 7.24. The Kier molecular flexibility index (Phi) is 9.44. The maximum Gasteiger partial charge on any atom is 0.332 e. The van der Waals surface area contributed by atoms with E-state index in [-0.39, 0.29) is 0 Å². The Morgan fingerprint density at radius 2 is 1.62 bits per heavy atom. The lowest BCUT2D eigenvalue weighted by molar-refractivity contribution is -0.140. The fourth-order valence-corrected chi connectivity index (χ4v) is 4.59. The molecule has 2 aromatic carbocycles. The van der Waals surface area contributed by atoms with Gasteiger partial charge in [-0.15, -0.1) is 0 Å². The normalized spacial score (nSPS) is 10.4. The Bertz CT molecular complexity index is 714. The van der Waals surface area contributed by atoms with Crippen LogP contribution in [0.4, 0.5) is 0 Å². The van der Waals surface area contributed by atoms with E-state index in [1.54, 1.807) is 6.07 Å². The molecular formula is C17H13Br5O2. The quantitative estimate of drug-likeness (QED) is 0.148. The molecule has 0 spiro atoms. The average Bonchev–Trinajstić information content (AvgIpc) is 2.53. The fraction of sp³-hybridized carbons (Fsp3) is 0.118. The molecular weight excluding hydrogens is 636 g/mol. The van der Waals surface area contributed by atoms with Crippen molar-refractivity contribution in [3.8, 4) is 0 Å². The smallest absolute Gasteiger partial charge is 0.332 e. The van der Waals surface area contributed by atoms with Gasteiger partial charge < -0.3 is 4.74 Å². The summed E-state index contributed by atoms with van der Waals surface area (Å²) in [5.41, 5.74) is 2.03. The summed E-state index contributed by atoms with van der Waals surface area (Å²) in [6, 6.07) is 13.9. The number of aryl methyl sites for hydroxylation is 1. The molecule has 0 unspecified atom stereocenters. The Hall–Kier alpha value is 0.0500. The first-order valence-electron chi connectivity index (χ1n) is 6.58. The van der Waals surface area contributed by atoms with Crippen molar-refractivity contribution in [3.05, 3.63) is 79.7 Å². The van der Waals surface area contributed by atoms with Crippen molar-refractivity contribution in [2.45, 2.75) is 10.3 Å². The van der Waals surface area contributed by atoms with E-state index in [1.807, 2.05) is 24.3 Å². The molecule has 0 fully saturated rings. The van der Waals surface area contributed by atoms with Crippen LogP contribution in [0.1, 0.15) is 11.1 Å². The summed E-state index contributed by atoms with van der Waals surface area (Å²) in [6.45, 7) is 5.43. The van der Waals surface area contributed by atoms with E-state index in [1.165, 1.54) is 5.56 Å². The molecule has 0 saturated carbocycles. The van der Waals surface area contributed by atoms with E-state index in [9.17, 15) is 4.79 Å². The number of alkyl halides is 2. The summed E-state index contributed by atoms with van der Waals surface area (Å²) < 4.78 is 6.53. The van der Waals surface area contributed by atoms with Crippen molar-refractivity contribution in [1.29, 1.82) is 0 Å². The van der Waals surface area contributed by atoms with Gasteiger partial charge in [0.25, 0.3) is 0 Å². The predicted molar refractivity (Wildman–Crippen MR) is 117 cm³/mol. The van der Waals surface area contributed by atoms with Gasteiger partial charge in [0.2, 0.25) is 3.42 Å². The van der Waals surface area contributed by atoms with E-state index < -0.39 is 9.39 Å². The maximum atomic E-state index is 11.2. The molecule has 0 radical (unpaired) electrons. The largest absolute Gasteiger partial charge is 0.429 e. The molecule has 0 atom stereocenters. The van der Waals surface area contributed by atoms with E-state index in [0.717, 1.165) is 19.5 Å². The van der Waals surface area contributed by atoms with Gasteiger partial charge in [-0.3, -0.25) is 0 Å². The third kappa shape index (κ3) is 6.75. The fourth-order valence-electron chi connectivity index (χ4n) is 1.51. The van der Waals surface area contributed by atoms with Gasteiger partial charge in [0.1, 0.15) is 0 Å². The summed E-state index contributed by atoms with van der Waals surface area (Å²) in [7, 11) is 0. The van der Waals surface area contributed by atoms with Crippen LogP contribution in [0.5, 0.6) is 0 Å². The van der Waals surface area contributed by atoms with E-state index in [2.05, 4.69) is 105 Å². The Labute approximate surface area is 183 Å². The van der Waals surface area contributed by atoms with E-state index in [4.69, 9.17) is 4.74 Å². The number of ether oxygens (including phenoxy) is 1. The highest BCUT2D eigenvalue weighted by atomic mass is 79.9. The van der Waals surface area contributed by atoms with Crippen molar-refractivity contribution >= 4 is 85.6 Å². The zero-order valence-electron chi connectivity index (χ0n) is 12.5. The molecule has 0 bridgehead atoms. The lowest BCUT2D eigenvalue weighted by Gasteiger charge is -2.22. The Morgan fingerprint density at radius 3 is 2.08 bits per heavy atom. The molecule has 0 aliphatic carbocycles. The second-order valence-electron chi connectivity index (χ2n) is 4.52. The molecule has 0 N–H and O–H groups in total. The number of halogens is 5. The Balaban J connectivity index is 0.000000341. The minimum atomic E-state index is -1.10. The number of rotatable bonds is 3. The zero-order chi connectivity index (χ0) is 18.3. The number of hydrogen-bond acceptors (Lipinski definition) is 2. The number of carbonyl (C=O) groups excluding carboxylic acids is 1. The van der Waals surface area contributed by atoms with Gasteiger partial charge in [-0.2, -0.15) is 0 Å². The van der Waals surface area contributed by atoms with Crippen LogP contribution in [-0.4, -0.2) is 5.97 Å². The Morgan fingerprint density at radius 1 is 1.04 bits per heavy atom. The standard InChI is InChI=1S/C10H5Br5O2.C7H8/c1-2-7(16)17-10(14,15)5-3-4-6(11)9(13)8(5)12;1-7-5-3-2-4-6-7/h2-4H,1H2;2-6H,1H3. The number of esters is 1. The topological polar surface area (TPSA) is 26.3 Å². The minimum absolute atomic E-state index is 0.537. The molecule has 0 aliphatic heterocycles. The molecule has 0 aliphatic rings. The van der Waals surface area contributed by atoms with E-state index in [0.29, 0.717) is 5.56 Å². The van der Waals surface area contributed by atoms with Gasteiger partial charge in [-0.1, -0.05) is 48.5 Å². The first-order valence-corrected chi connectivity index (χ1v) is 10.5. The van der Waals surface area contributed by atoms with Gasteiger partial charge in [0.15, 0.2) is 0 Å². The molecule has 2 rings (SSSR count). The van der Waals surface area contributed by atoms with Crippen LogP contribution in [0, 0.1) is 6.92 Å². The van der Waals surface area contributed by atoms with Gasteiger partial charge in [-0.05, 0) is 92.6 Å². The van der Waals surface area contributed by atoms with E-state index >= 15 is 0 Å². The predicted octanol–water partition coefficient (Wildman–Crippen LogP) is 7.60. The van der Waals surface area contributed by atoms with Gasteiger partial charge in [0.05, 0.1) is 0 Å². The zero-order valence-corrected chi connectivity index (χ0v) is 20.5. The molecule has 24 heavy (non-hydrogen) atoms. The number of carbonyl (C=O) groups is 1. The van der Waals surface area contributed by atoms with Crippen molar-refractivity contribution in [2.75, 3.05) is 0 Å². The highest BCUT2D eigenvalue weighted by molar-refractivity contribution is 9.24. The van der Waals surface area contributed by atoms with Crippen LogP contribution in [0.25, 0.3) is 0 Å². The highest BCUT2D eigenvalue weighted by Crippen LogP contribution is 2.46. The van der Waals surface area contributed by atoms with Crippen molar-refractivity contribution < 1.29 is 9.53 Å². The van der Waals surface area contributed by atoms with Gasteiger partial charge >= 0.3 is 5.97 Å². The van der Waals surface area contributed by atoms with Crippen LogP contribution >= 0.6 is 79.6 Å². The van der Waals surface area contributed by atoms with Crippen LogP contribution in [-0.2, 0) is 13.0 Å². The molecule has 2 nitrogen and oxygen atoms in total. The summed E-state index contributed by atoms with van der Waals surface area (Å²) in [6.07, 6.45) is 1.10. The van der Waals surface area contributed by atoms with Gasteiger partial charge in [-0.25, -0.2) is 4.79 Å². The van der Waals surface area contributed by atoms with Crippen LogP contribution in [0.15, 0.2) is 68.5 Å². The molecule has 2 aromatic rings. The first-order chi connectivity index (χ1) is 11.2. The summed E-state index contributed by atoms with van der Waals surface area (Å²) >= 11 is 16.8. The first kappa shape index (κ1) is 22.1. The molecule has 0 heterocycles. The monoisotopic (exact) mass is 644 g/mol. The summed E-state index contributed by atoms with van der Waals surface area (Å²) in [4.78, 5) is 11.2. The third-order valence-electron chi connectivity index (χ3n) is 2.68. The molecule has 7 heteroatoms. The second-order valence-corrected chi connectivity index (χ2v) is 10.3. The summed E-state index contributed by atoms with van der Waals surface area (Å²) in [5, 5.41) is 0. The molecule has 0 amide bonds. The molecule has 0 saturated heterocycles. The van der Waals surface area contributed by atoms with Crippen molar-refractivity contribution in [3.63, 3.8) is 0 Å². The molecule has 128 valence electrons. The summed E-state index contributed by atoms with van der Waals surface area (Å²) in [5.74, 6) is -0.537. The maximum absolute atomic E-state index is 11.2. The van der Waals surface area contributed by atoms with Gasteiger partial charge in [0, 0.05) is 25.1 Å². The minimum Gasteiger partial charge on any atom is -0.429 e. The SMILES string of the molecule is C=CC(=O)OC(Br)(Br)c1ccc(Br)c(Br)c1Br.Cc1ccccc1. The van der Waals surface area contributed by atoms with Crippen molar-refractivity contribution in [2.24, 2.45) is 0 Å². The number of benzene rings is 2. The van der Waals surface area contributed by atoms with Crippen LogP contribution in [0.2, 0.25) is 0 Å². The molecule has 0 aromatic heterocycles. The second kappa shape index (κ2) is 10.3.